The minimum absolute atomic E-state index is 0.00695. The summed E-state index contributed by atoms with van der Waals surface area (Å²) in [5.41, 5.74) is 7.85. The molecule has 4 N–H and O–H groups in total. The van der Waals surface area contributed by atoms with Crippen LogP contribution >= 0.6 is 0 Å². The van der Waals surface area contributed by atoms with Gasteiger partial charge in [0.1, 0.15) is 0 Å². The standard InChI is InChI=1S/C16H23N3O2/c1-10-3-5-12(16(21)18-13-6-7-13)9-14(10)19-15(20)8-4-11(2)17/h3,5,9,11,13H,4,6-8,17H2,1-2H3,(H,18,21)(H,19,20). The lowest BCUT2D eigenvalue weighted by molar-refractivity contribution is -0.116. The molecule has 1 aliphatic rings. The Morgan fingerprint density at radius 3 is 2.71 bits per heavy atom. The molecule has 1 atom stereocenters. The van der Waals surface area contributed by atoms with Crippen molar-refractivity contribution in [3.63, 3.8) is 0 Å². The number of nitrogens with two attached hydrogens (primary N) is 1. The second kappa shape index (κ2) is 6.72. The van der Waals surface area contributed by atoms with Crippen LogP contribution in [0.25, 0.3) is 0 Å². The van der Waals surface area contributed by atoms with Gasteiger partial charge in [-0.05, 0) is 50.8 Å². The summed E-state index contributed by atoms with van der Waals surface area (Å²) in [5.74, 6) is -0.154. The highest BCUT2D eigenvalue weighted by atomic mass is 16.2. The van der Waals surface area contributed by atoms with Gasteiger partial charge in [-0.15, -0.1) is 0 Å². The number of hydrogen-bond acceptors (Lipinski definition) is 3. The van der Waals surface area contributed by atoms with Crippen LogP contribution in [0.3, 0.4) is 0 Å². The summed E-state index contributed by atoms with van der Waals surface area (Å²) >= 11 is 0. The molecule has 1 fully saturated rings. The van der Waals surface area contributed by atoms with Gasteiger partial charge in [0.05, 0.1) is 0 Å². The van der Waals surface area contributed by atoms with Crippen molar-refractivity contribution in [2.45, 2.75) is 51.6 Å². The Labute approximate surface area is 125 Å². The molecule has 0 saturated heterocycles. The predicted molar refractivity (Wildman–Crippen MR) is 83.2 cm³/mol. The van der Waals surface area contributed by atoms with Gasteiger partial charge in [0, 0.05) is 29.8 Å². The minimum Gasteiger partial charge on any atom is -0.349 e. The molecule has 114 valence electrons. The highest BCUT2D eigenvalue weighted by Gasteiger charge is 2.24. The topological polar surface area (TPSA) is 84.2 Å². The highest BCUT2D eigenvalue weighted by Crippen LogP contribution is 2.21. The average molecular weight is 289 g/mol. The third-order valence-corrected chi connectivity index (χ3v) is 3.51. The number of carbonyl (C=O) groups is 2. The van der Waals surface area contributed by atoms with Gasteiger partial charge in [-0.2, -0.15) is 0 Å². The number of hydrogen-bond donors (Lipinski definition) is 3. The van der Waals surface area contributed by atoms with Crippen LogP contribution < -0.4 is 16.4 Å². The maximum Gasteiger partial charge on any atom is 0.251 e. The number of amides is 2. The largest absolute Gasteiger partial charge is 0.349 e. The first-order chi connectivity index (χ1) is 9.95. The maximum atomic E-state index is 12.0. The Hall–Kier alpha value is -1.88. The third kappa shape index (κ3) is 4.86. The molecule has 0 aliphatic heterocycles. The summed E-state index contributed by atoms with van der Waals surface area (Å²) in [7, 11) is 0. The first-order valence-electron chi connectivity index (χ1n) is 7.42. The summed E-state index contributed by atoms with van der Waals surface area (Å²) < 4.78 is 0. The Morgan fingerprint density at radius 2 is 2.10 bits per heavy atom. The molecule has 1 unspecified atom stereocenters. The van der Waals surface area contributed by atoms with Crippen LogP contribution in [0, 0.1) is 6.92 Å². The van der Waals surface area contributed by atoms with Crippen LogP contribution in [0.5, 0.6) is 0 Å². The second-order valence-corrected chi connectivity index (χ2v) is 5.84. The van der Waals surface area contributed by atoms with E-state index < -0.39 is 0 Å². The number of nitrogens with one attached hydrogen (secondary N) is 2. The Balaban J connectivity index is 2.00. The monoisotopic (exact) mass is 289 g/mol. The molecule has 2 rings (SSSR count). The van der Waals surface area contributed by atoms with Gasteiger partial charge in [0.15, 0.2) is 0 Å². The number of benzene rings is 1. The zero-order chi connectivity index (χ0) is 15.4. The summed E-state index contributed by atoms with van der Waals surface area (Å²) in [6.07, 6.45) is 3.14. The smallest absolute Gasteiger partial charge is 0.251 e. The SMILES string of the molecule is Cc1ccc(C(=O)NC2CC2)cc1NC(=O)CCC(C)N. The Morgan fingerprint density at radius 1 is 1.38 bits per heavy atom. The highest BCUT2D eigenvalue weighted by molar-refractivity contribution is 5.98. The fraction of sp³-hybridized carbons (Fsp3) is 0.500. The molecule has 1 aliphatic carbocycles. The van der Waals surface area contributed by atoms with Crippen LogP contribution in [0.2, 0.25) is 0 Å². The molecule has 2 amide bonds. The third-order valence-electron chi connectivity index (χ3n) is 3.51. The zero-order valence-electron chi connectivity index (χ0n) is 12.6. The van der Waals surface area contributed by atoms with E-state index in [0.29, 0.717) is 30.1 Å². The van der Waals surface area contributed by atoms with Gasteiger partial charge in [0.2, 0.25) is 5.91 Å². The molecule has 1 aromatic carbocycles. The van der Waals surface area contributed by atoms with E-state index in [0.717, 1.165) is 18.4 Å². The number of carbonyl (C=O) groups excluding carboxylic acids is 2. The van der Waals surface area contributed by atoms with Crippen molar-refractivity contribution in [3.05, 3.63) is 29.3 Å². The van der Waals surface area contributed by atoms with E-state index in [1.165, 1.54) is 0 Å². The van der Waals surface area contributed by atoms with Gasteiger partial charge in [0.25, 0.3) is 5.91 Å². The van der Waals surface area contributed by atoms with E-state index in [9.17, 15) is 9.59 Å². The van der Waals surface area contributed by atoms with Gasteiger partial charge in [-0.1, -0.05) is 6.07 Å². The molecule has 1 aromatic rings. The van der Waals surface area contributed by atoms with Crippen molar-refractivity contribution in [1.82, 2.24) is 5.32 Å². The van der Waals surface area contributed by atoms with E-state index in [4.69, 9.17) is 5.73 Å². The summed E-state index contributed by atoms with van der Waals surface area (Å²) in [5, 5.41) is 5.80. The minimum atomic E-state index is -0.0800. The van der Waals surface area contributed by atoms with E-state index in [1.807, 2.05) is 19.9 Å². The molecule has 0 radical (unpaired) electrons. The van der Waals surface area contributed by atoms with Crippen molar-refractivity contribution >= 4 is 17.5 Å². The molecule has 0 heterocycles. The Bertz CT molecular complexity index is 536. The molecule has 1 saturated carbocycles. The van der Waals surface area contributed by atoms with Gasteiger partial charge in [-0.25, -0.2) is 0 Å². The van der Waals surface area contributed by atoms with Crippen LogP contribution in [-0.4, -0.2) is 23.9 Å². The molecule has 0 bridgehead atoms. The van der Waals surface area contributed by atoms with Crippen molar-refractivity contribution < 1.29 is 9.59 Å². The quantitative estimate of drug-likeness (QED) is 0.748. The van der Waals surface area contributed by atoms with Gasteiger partial charge < -0.3 is 16.4 Å². The van der Waals surface area contributed by atoms with E-state index in [1.54, 1.807) is 12.1 Å². The fourth-order valence-electron chi connectivity index (χ4n) is 1.97. The van der Waals surface area contributed by atoms with Crippen LogP contribution in [-0.2, 0) is 4.79 Å². The van der Waals surface area contributed by atoms with E-state index in [-0.39, 0.29) is 17.9 Å². The zero-order valence-corrected chi connectivity index (χ0v) is 12.6. The van der Waals surface area contributed by atoms with E-state index >= 15 is 0 Å². The van der Waals surface area contributed by atoms with Gasteiger partial charge >= 0.3 is 0 Å². The van der Waals surface area contributed by atoms with Crippen molar-refractivity contribution in [1.29, 1.82) is 0 Å². The normalized spacial score (nSPS) is 15.4. The fourth-order valence-corrected chi connectivity index (χ4v) is 1.97. The van der Waals surface area contributed by atoms with Gasteiger partial charge in [-0.3, -0.25) is 9.59 Å². The molecular weight excluding hydrogens is 266 g/mol. The second-order valence-electron chi connectivity index (χ2n) is 5.84. The molecular formula is C16H23N3O2. The lowest BCUT2D eigenvalue weighted by Crippen LogP contribution is -2.25. The van der Waals surface area contributed by atoms with Crippen molar-refractivity contribution in [2.24, 2.45) is 5.73 Å². The number of aryl methyl sites for hydroxylation is 1. The average Bonchev–Trinajstić information content (AvgIpc) is 3.22. The van der Waals surface area contributed by atoms with E-state index in [2.05, 4.69) is 10.6 Å². The molecule has 5 nitrogen and oxygen atoms in total. The Kier molecular flexibility index (Phi) is 4.96. The molecule has 0 aromatic heterocycles. The number of anilines is 1. The predicted octanol–water partition coefficient (Wildman–Crippen LogP) is 1.95. The first kappa shape index (κ1) is 15.5. The summed E-state index contributed by atoms with van der Waals surface area (Å²) in [6, 6.07) is 5.69. The van der Waals surface area contributed by atoms with Crippen LogP contribution in [0.1, 0.15) is 48.5 Å². The van der Waals surface area contributed by atoms with Crippen molar-refractivity contribution in [2.75, 3.05) is 5.32 Å². The lowest BCUT2D eigenvalue weighted by Gasteiger charge is -2.11. The molecule has 21 heavy (non-hydrogen) atoms. The number of rotatable bonds is 6. The summed E-state index contributed by atoms with van der Waals surface area (Å²) in [4.78, 5) is 23.9. The molecule has 5 heteroatoms. The summed E-state index contributed by atoms with van der Waals surface area (Å²) in [6.45, 7) is 3.78. The lowest BCUT2D eigenvalue weighted by atomic mass is 10.1. The first-order valence-corrected chi connectivity index (χ1v) is 7.42. The van der Waals surface area contributed by atoms with Crippen molar-refractivity contribution in [3.8, 4) is 0 Å². The van der Waals surface area contributed by atoms with Crippen LogP contribution in [0.15, 0.2) is 18.2 Å². The van der Waals surface area contributed by atoms with Crippen LogP contribution in [0.4, 0.5) is 5.69 Å². The molecule has 0 spiro atoms. The maximum absolute atomic E-state index is 12.0.